The first-order valence-corrected chi connectivity index (χ1v) is 12.2. The van der Waals surface area contributed by atoms with Gasteiger partial charge in [0, 0.05) is 0 Å². The second-order valence-corrected chi connectivity index (χ2v) is 33.5. The van der Waals surface area contributed by atoms with Gasteiger partial charge in [-0.3, -0.25) is 0 Å². The molecule has 0 saturated carbocycles. The van der Waals surface area contributed by atoms with E-state index in [9.17, 15) is 9.90 Å². The van der Waals surface area contributed by atoms with Gasteiger partial charge in [-0.15, -0.1) is 0 Å². The molecule has 0 amide bonds. The van der Waals surface area contributed by atoms with Crippen LogP contribution in [-0.4, -0.2) is 40.6 Å². The summed E-state index contributed by atoms with van der Waals surface area (Å²) in [6, 6.07) is 0. The number of rotatable bonds is 1. The van der Waals surface area contributed by atoms with Gasteiger partial charge in [-0.2, -0.15) is 0 Å². The van der Waals surface area contributed by atoms with E-state index in [0.717, 1.165) is 9.63 Å². The van der Waals surface area contributed by atoms with E-state index in [1.807, 2.05) is 0 Å². The third kappa shape index (κ3) is 0.0523. The molecule has 10 aliphatic rings. The summed E-state index contributed by atoms with van der Waals surface area (Å²) in [5.41, 5.74) is 0. The van der Waals surface area contributed by atoms with Gasteiger partial charge in [0.1, 0.15) is 0 Å². The standard InChI is InChI=1S/C6H5O2.C5H5.Fe.Na.H/c7-6(8)5-3-1-2-4-5;1-2-4-5-3-1;;;/h1-4H,(H,7,8);1-5H;;;. The summed E-state index contributed by atoms with van der Waals surface area (Å²) in [5.74, 6) is -0.274. The molecular weight excluding hydrogens is 243 g/mol. The van der Waals surface area contributed by atoms with E-state index in [1.54, 1.807) is 0 Å². The first kappa shape index (κ1) is 6.24. The molecule has 0 radical (unpaired) electrons. The Morgan fingerprint density at radius 2 is 1.33 bits per heavy atom. The third-order valence-electron chi connectivity index (χ3n) is 15.0. The van der Waals surface area contributed by atoms with E-state index in [0.29, 0.717) is 0 Å². The van der Waals surface area contributed by atoms with E-state index < -0.39 is 6.51 Å². The fourth-order valence-corrected chi connectivity index (χ4v) is 90.3. The van der Waals surface area contributed by atoms with Gasteiger partial charge in [0.25, 0.3) is 0 Å². The zero-order valence-electron chi connectivity index (χ0n) is 7.41. The Morgan fingerprint density at radius 1 is 0.933 bits per heavy atom. The average molecular weight is 254 g/mol. The van der Waals surface area contributed by atoms with Crippen LogP contribution in [-0.2, 0) is 11.3 Å². The summed E-state index contributed by atoms with van der Waals surface area (Å²) in [5, 5.41) is 9.75. The Hall–Kier alpha value is 0.989. The van der Waals surface area contributed by atoms with Crippen molar-refractivity contribution in [1.82, 2.24) is 0 Å². The van der Waals surface area contributed by atoms with Crippen LogP contribution in [0.15, 0.2) is 0 Å². The Morgan fingerprint density at radius 3 is 1.40 bits per heavy atom. The third-order valence-corrected chi connectivity index (χ3v) is 57.3. The molecule has 10 saturated heterocycles. The zero-order valence-corrected chi connectivity index (χ0v) is 8.51. The Labute approximate surface area is 98.7 Å². The first-order chi connectivity index (χ1) is 6.49. The van der Waals surface area contributed by atoms with Gasteiger partial charge >= 0.3 is 99.6 Å². The number of carboxylic acids is 1. The molecular formula is C11H11FeNaO2. The summed E-state index contributed by atoms with van der Waals surface area (Å²) in [4.78, 5) is 21.8. The number of carbonyl (C=O) groups is 1. The molecule has 15 heavy (non-hydrogen) atoms. The summed E-state index contributed by atoms with van der Waals surface area (Å²) in [7, 11) is 0. The molecule has 10 fully saturated rings. The molecule has 10 heterocycles. The molecule has 4 atom stereocenters. The molecule has 0 aromatic heterocycles. The summed E-state index contributed by atoms with van der Waals surface area (Å²) < 4.78 is 0.110. The molecule has 1 spiro atoms. The fourth-order valence-electron chi connectivity index (χ4n) is 16.8. The van der Waals surface area contributed by atoms with Crippen LogP contribution >= 0.6 is 0 Å². The van der Waals surface area contributed by atoms with E-state index in [2.05, 4.69) is 0 Å². The van der Waals surface area contributed by atoms with Crippen LogP contribution < -0.4 is 0 Å². The minimum absolute atomic E-state index is 0. The van der Waals surface area contributed by atoms with Crippen LogP contribution in [0.3, 0.4) is 0 Å². The molecule has 10 rings (SSSR count). The molecule has 4 heteroatoms. The van der Waals surface area contributed by atoms with Crippen molar-refractivity contribution in [3.05, 3.63) is 0 Å². The maximum absolute atomic E-state index is 11.8. The predicted octanol–water partition coefficient (Wildman–Crippen LogP) is 2.18. The number of carboxylic acid groups (broad SMARTS) is 1. The summed E-state index contributed by atoms with van der Waals surface area (Å²) >= 11 is 0. The van der Waals surface area contributed by atoms with Gasteiger partial charge in [0.05, 0.1) is 0 Å². The molecule has 0 aromatic rings. The molecule has 10 aliphatic heterocycles. The maximum atomic E-state index is 11.8. The van der Waals surface area contributed by atoms with Crippen LogP contribution in [0.25, 0.3) is 0 Å². The SMILES string of the molecule is O=C(O)[C]12[CH]3[CH]4[CH]5[CH]1[Fe]45321678[CH]2[CH]1[CH]6[CH]7[CH]28.[NaH]. The molecule has 0 bridgehead atoms. The Kier molecular flexibility index (Phi) is 0.182. The van der Waals surface area contributed by atoms with Crippen molar-refractivity contribution in [3.8, 4) is 0 Å². The average Bonchev–Trinajstić information content (AvgIpc) is 3.13. The van der Waals surface area contributed by atoms with Crippen LogP contribution in [0.2, 0.25) is 47.7 Å². The van der Waals surface area contributed by atoms with Crippen LogP contribution in [0, 0.1) is 0 Å². The summed E-state index contributed by atoms with van der Waals surface area (Å²) in [6.07, 6.45) is 0. The van der Waals surface area contributed by atoms with Gasteiger partial charge in [-0.25, -0.2) is 0 Å². The van der Waals surface area contributed by atoms with Crippen molar-refractivity contribution in [2.45, 2.75) is 47.7 Å². The summed E-state index contributed by atoms with van der Waals surface area (Å²) in [6.45, 7) is -3.19. The Bertz CT molecular complexity index is 853. The number of hydrogen-bond donors (Lipinski definition) is 1. The first-order valence-electron chi connectivity index (χ1n) is 5.94. The number of hydrogen-bond acceptors (Lipinski definition) is 1. The van der Waals surface area contributed by atoms with E-state index in [1.165, 1.54) is 33.7 Å². The van der Waals surface area contributed by atoms with Gasteiger partial charge in [0.2, 0.25) is 0 Å². The molecule has 0 aromatic carbocycles. The quantitative estimate of drug-likeness (QED) is 0.728. The molecule has 2 nitrogen and oxygen atoms in total. The zero-order chi connectivity index (χ0) is 8.59. The second kappa shape index (κ2) is 0.436. The number of aliphatic carboxylic acids is 1. The van der Waals surface area contributed by atoms with Crippen LogP contribution in [0.4, 0.5) is 0 Å². The normalized spacial score (nSPS) is 132. The molecule has 4 unspecified atom stereocenters. The van der Waals surface area contributed by atoms with Crippen molar-refractivity contribution in [2.24, 2.45) is 0 Å². The van der Waals surface area contributed by atoms with Crippen molar-refractivity contribution in [3.63, 3.8) is 0 Å². The van der Waals surface area contributed by atoms with Crippen molar-refractivity contribution >= 4 is 35.5 Å². The topological polar surface area (TPSA) is 37.3 Å². The van der Waals surface area contributed by atoms with Gasteiger partial charge < -0.3 is 0 Å². The van der Waals surface area contributed by atoms with E-state index >= 15 is 0 Å². The molecule has 1 N–H and O–H groups in total. The van der Waals surface area contributed by atoms with Gasteiger partial charge in [-0.05, 0) is 0 Å². The molecule has 0 aliphatic carbocycles. The minimum atomic E-state index is -3.19. The van der Waals surface area contributed by atoms with Crippen molar-refractivity contribution in [1.29, 1.82) is 0 Å². The van der Waals surface area contributed by atoms with Gasteiger partial charge in [-0.1, -0.05) is 0 Å². The molecule has 76 valence electrons. The van der Waals surface area contributed by atoms with E-state index in [-0.39, 0.29) is 39.8 Å². The predicted molar refractivity (Wildman–Crippen MR) is 51.2 cm³/mol. The van der Waals surface area contributed by atoms with Gasteiger partial charge in [0.15, 0.2) is 0 Å². The fraction of sp³-hybridized carbons (Fsp3) is 0.909. The monoisotopic (exact) mass is 254 g/mol. The second-order valence-electron chi connectivity index (χ2n) is 9.98. The van der Waals surface area contributed by atoms with Crippen LogP contribution in [0.1, 0.15) is 0 Å². The van der Waals surface area contributed by atoms with E-state index in [4.69, 9.17) is 0 Å². The van der Waals surface area contributed by atoms with Crippen LogP contribution in [0.5, 0.6) is 0 Å². The Balaban J connectivity index is 0.000000529. The van der Waals surface area contributed by atoms with Crippen molar-refractivity contribution < 1.29 is 16.4 Å². The van der Waals surface area contributed by atoms with Crippen molar-refractivity contribution in [2.75, 3.05) is 0 Å². The number of fused-ring (bicyclic) bond motifs is 10.